The second-order valence-electron chi connectivity index (χ2n) is 7.32. The average molecular weight is 364 g/mol. The van der Waals surface area contributed by atoms with Gasteiger partial charge in [-0.25, -0.2) is 9.37 Å². The van der Waals surface area contributed by atoms with Crippen LogP contribution in [0.15, 0.2) is 36.4 Å². The number of halogens is 1. The van der Waals surface area contributed by atoms with E-state index < -0.39 is 0 Å². The van der Waals surface area contributed by atoms with Crippen molar-refractivity contribution in [3.8, 4) is 11.5 Å². The van der Waals surface area contributed by atoms with Crippen LogP contribution in [0.4, 0.5) is 10.1 Å². The Morgan fingerprint density at radius 1 is 1.11 bits per heavy atom. The summed E-state index contributed by atoms with van der Waals surface area (Å²) in [6, 6.07) is 11.4. The molecule has 0 bridgehead atoms. The van der Waals surface area contributed by atoms with Gasteiger partial charge in [0.1, 0.15) is 11.5 Å². The van der Waals surface area contributed by atoms with Crippen molar-refractivity contribution in [2.45, 2.75) is 13.0 Å². The Kier molecular flexibility index (Phi) is 3.65. The average Bonchev–Trinajstić information content (AvgIpc) is 3.26. The Morgan fingerprint density at radius 2 is 2.00 bits per heavy atom. The number of benzene rings is 2. The highest BCUT2D eigenvalue weighted by Gasteiger charge is 2.21. The standard InChI is InChI=1S/C20H21FN6/c1-12-11-27(8-7-26(12)2)14-4-6-17-18(10-14)23-20(22-17)19-15-9-13(21)3-5-16(15)24-25-19/h3-6,9-10,12H,7-8,11H2,1-2H3,(H,22,23)(H,24,25)/t12-/m0/s1. The number of likely N-dealkylation sites (N-methyl/N-ethyl adjacent to an activating group) is 1. The number of rotatable bonds is 2. The number of anilines is 1. The van der Waals surface area contributed by atoms with Crippen molar-refractivity contribution in [2.24, 2.45) is 0 Å². The number of hydrogen-bond donors (Lipinski definition) is 2. The molecule has 2 N–H and O–H groups in total. The molecule has 1 aliphatic heterocycles. The first kappa shape index (κ1) is 16.3. The lowest BCUT2D eigenvalue weighted by Gasteiger charge is -2.39. The molecule has 0 unspecified atom stereocenters. The number of aromatic nitrogens is 4. The molecule has 2 aromatic carbocycles. The number of imidazole rings is 1. The third-order valence-corrected chi connectivity index (χ3v) is 5.54. The first-order valence-electron chi connectivity index (χ1n) is 9.17. The molecule has 0 radical (unpaired) electrons. The van der Waals surface area contributed by atoms with Crippen LogP contribution in [-0.4, -0.2) is 57.8 Å². The summed E-state index contributed by atoms with van der Waals surface area (Å²) in [6.07, 6.45) is 0. The van der Waals surface area contributed by atoms with Crippen molar-refractivity contribution in [1.29, 1.82) is 0 Å². The first-order chi connectivity index (χ1) is 13.1. The minimum absolute atomic E-state index is 0.285. The third kappa shape index (κ3) is 2.75. The summed E-state index contributed by atoms with van der Waals surface area (Å²) in [5, 5.41) is 8.00. The predicted molar refractivity (Wildman–Crippen MR) is 105 cm³/mol. The van der Waals surface area contributed by atoms with Crippen LogP contribution in [0.25, 0.3) is 33.5 Å². The van der Waals surface area contributed by atoms with Crippen LogP contribution >= 0.6 is 0 Å². The quantitative estimate of drug-likeness (QED) is 0.572. The molecule has 4 aromatic rings. The van der Waals surface area contributed by atoms with Gasteiger partial charge in [0.2, 0.25) is 0 Å². The van der Waals surface area contributed by atoms with Gasteiger partial charge in [-0.15, -0.1) is 0 Å². The zero-order chi connectivity index (χ0) is 18.5. The summed E-state index contributed by atoms with van der Waals surface area (Å²) in [7, 11) is 2.17. The largest absolute Gasteiger partial charge is 0.369 e. The third-order valence-electron chi connectivity index (χ3n) is 5.54. The number of nitrogens with zero attached hydrogens (tertiary/aromatic N) is 4. The Bertz CT molecular complexity index is 1130. The van der Waals surface area contributed by atoms with Crippen molar-refractivity contribution < 1.29 is 4.39 Å². The molecule has 2 aromatic heterocycles. The molecule has 5 rings (SSSR count). The van der Waals surface area contributed by atoms with Crippen LogP contribution in [0.5, 0.6) is 0 Å². The molecule has 1 atom stereocenters. The molecular weight excluding hydrogens is 343 g/mol. The summed E-state index contributed by atoms with van der Waals surface area (Å²) in [5.41, 5.74) is 4.45. The normalized spacial score (nSPS) is 18.6. The molecule has 0 amide bonds. The number of piperazine rings is 1. The summed E-state index contributed by atoms with van der Waals surface area (Å²) in [5.74, 6) is 0.360. The van der Waals surface area contributed by atoms with Crippen LogP contribution in [0.1, 0.15) is 6.92 Å². The van der Waals surface area contributed by atoms with Gasteiger partial charge in [0.05, 0.1) is 16.6 Å². The molecule has 0 aliphatic carbocycles. The molecule has 0 spiro atoms. The number of fused-ring (bicyclic) bond motifs is 2. The van der Waals surface area contributed by atoms with E-state index in [1.165, 1.54) is 17.8 Å². The van der Waals surface area contributed by atoms with Gasteiger partial charge in [-0.3, -0.25) is 5.10 Å². The van der Waals surface area contributed by atoms with Gasteiger partial charge in [-0.2, -0.15) is 5.10 Å². The van der Waals surface area contributed by atoms with Gasteiger partial charge in [0.25, 0.3) is 0 Å². The SMILES string of the molecule is C[C@H]1CN(c2ccc3nc(-c4n[nH]c5ccc(F)cc45)[nH]c3c2)CCN1C. The Labute approximate surface area is 156 Å². The van der Waals surface area contributed by atoms with Gasteiger partial charge < -0.3 is 14.8 Å². The number of aromatic amines is 2. The highest BCUT2D eigenvalue weighted by Crippen LogP contribution is 2.29. The van der Waals surface area contributed by atoms with Crippen LogP contribution in [0, 0.1) is 5.82 Å². The van der Waals surface area contributed by atoms with E-state index in [2.05, 4.69) is 56.1 Å². The molecule has 7 heteroatoms. The van der Waals surface area contributed by atoms with Crippen LogP contribution in [0.3, 0.4) is 0 Å². The van der Waals surface area contributed by atoms with E-state index in [4.69, 9.17) is 0 Å². The monoisotopic (exact) mass is 364 g/mol. The molecule has 1 aliphatic rings. The smallest absolute Gasteiger partial charge is 0.159 e. The van der Waals surface area contributed by atoms with Crippen LogP contribution in [-0.2, 0) is 0 Å². The number of hydrogen-bond acceptors (Lipinski definition) is 4. The van der Waals surface area contributed by atoms with Crippen LogP contribution in [0.2, 0.25) is 0 Å². The fraction of sp³-hybridized carbons (Fsp3) is 0.300. The summed E-state index contributed by atoms with van der Waals surface area (Å²) in [6.45, 7) is 5.32. The predicted octanol–water partition coefficient (Wildman–Crippen LogP) is 3.39. The van der Waals surface area contributed by atoms with Gasteiger partial charge in [-0.05, 0) is 50.4 Å². The molecular formula is C20H21FN6. The van der Waals surface area contributed by atoms with Gasteiger partial charge in [-0.1, -0.05) is 0 Å². The lowest BCUT2D eigenvalue weighted by atomic mass is 10.1. The van der Waals surface area contributed by atoms with Crippen molar-refractivity contribution in [3.63, 3.8) is 0 Å². The van der Waals surface area contributed by atoms with Crippen molar-refractivity contribution in [1.82, 2.24) is 25.1 Å². The maximum absolute atomic E-state index is 13.7. The molecule has 6 nitrogen and oxygen atoms in total. The Balaban J connectivity index is 1.53. The molecule has 0 saturated carbocycles. The van der Waals surface area contributed by atoms with Gasteiger partial charge in [0.15, 0.2) is 5.82 Å². The second-order valence-corrected chi connectivity index (χ2v) is 7.32. The minimum Gasteiger partial charge on any atom is -0.369 e. The fourth-order valence-corrected chi connectivity index (χ4v) is 3.76. The highest BCUT2D eigenvalue weighted by molar-refractivity contribution is 5.93. The van der Waals surface area contributed by atoms with Crippen molar-refractivity contribution in [3.05, 3.63) is 42.2 Å². The van der Waals surface area contributed by atoms with E-state index >= 15 is 0 Å². The zero-order valence-electron chi connectivity index (χ0n) is 15.3. The highest BCUT2D eigenvalue weighted by atomic mass is 19.1. The number of H-pyrrole nitrogens is 2. The first-order valence-corrected chi connectivity index (χ1v) is 9.17. The Morgan fingerprint density at radius 3 is 2.85 bits per heavy atom. The molecule has 1 fully saturated rings. The van der Waals surface area contributed by atoms with Crippen molar-refractivity contribution >= 4 is 27.6 Å². The van der Waals surface area contributed by atoms with Gasteiger partial charge >= 0.3 is 0 Å². The second kappa shape index (κ2) is 6.06. The molecule has 1 saturated heterocycles. The summed E-state index contributed by atoms with van der Waals surface area (Å²) >= 11 is 0. The van der Waals surface area contributed by atoms with E-state index in [0.29, 0.717) is 17.6 Å². The summed E-state index contributed by atoms with van der Waals surface area (Å²) < 4.78 is 13.7. The maximum atomic E-state index is 13.7. The maximum Gasteiger partial charge on any atom is 0.159 e. The topological polar surface area (TPSA) is 63.8 Å². The lowest BCUT2D eigenvalue weighted by Crippen LogP contribution is -2.50. The van der Waals surface area contributed by atoms with E-state index in [1.54, 1.807) is 6.07 Å². The lowest BCUT2D eigenvalue weighted by molar-refractivity contribution is 0.234. The van der Waals surface area contributed by atoms with E-state index in [-0.39, 0.29) is 5.82 Å². The molecule has 27 heavy (non-hydrogen) atoms. The Hall–Kier alpha value is -2.93. The van der Waals surface area contributed by atoms with E-state index in [1.807, 2.05) is 6.07 Å². The minimum atomic E-state index is -0.285. The van der Waals surface area contributed by atoms with Gasteiger partial charge in [0, 0.05) is 36.7 Å². The van der Waals surface area contributed by atoms with E-state index in [9.17, 15) is 4.39 Å². The molecule has 3 heterocycles. The van der Waals surface area contributed by atoms with Crippen molar-refractivity contribution in [2.75, 3.05) is 31.6 Å². The zero-order valence-corrected chi connectivity index (χ0v) is 15.3. The fourth-order valence-electron chi connectivity index (χ4n) is 3.76. The molecule has 138 valence electrons. The number of nitrogens with one attached hydrogen (secondary N) is 2. The summed E-state index contributed by atoms with van der Waals surface area (Å²) in [4.78, 5) is 12.8. The van der Waals surface area contributed by atoms with Crippen LogP contribution < -0.4 is 4.90 Å². The van der Waals surface area contributed by atoms with E-state index in [0.717, 1.165) is 41.6 Å².